The predicted molar refractivity (Wildman–Crippen MR) is 103 cm³/mol. The van der Waals surface area contributed by atoms with E-state index in [-0.39, 0.29) is 23.1 Å². The van der Waals surface area contributed by atoms with Crippen LogP contribution in [-0.4, -0.2) is 42.5 Å². The van der Waals surface area contributed by atoms with Gasteiger partial charge in [0, 0.05) is 10.7 Å². The quantitative estimate of drug-likeness (QED) is 0.506. The zero-order chi connectivity index (χ0) is 20.8. The van der Waals surface area contributed by atoms with Crippen LogP contribution in [0.3, 0.4) is 0 Å². The van der Waals surface area contributed by atoms with Crippen molar-refractivity contribution >= 4 is 40.9 Å². The summed E-state index contributed by atoms with van der Waals surface area (Å²) < 4.78 is 15.2. The predicted octanol–water partition coefficient (Wildman–Crippen LogP) is 3.92. The monoisotopic (exact) mass is 427 g/mol. The largest absolute Gasteiger partial charge is 0.480 e. The Bertz CT molecular complexity index is 906. The lowest BCUT2D eigenvalue weighted by molar-refractivity contribution is -0.144. The molecule has 0 radical (unpaired) electrons. The normalized spacial score (nSPS) is 10.5. The Hall–Kier alpha value is -2.51. The van der Waals surface area contributed by atoms with E-state index in [1.807, 2.05) is 0 Å². The van der Waals surface area contributed by atoms with Crippen LogP contribution in [0.4, 0.5) is 0 Å². The number of benzene rings is 1. The molecule has 1 aromatic heterocycles. The molecule has 0 amide bonds. The van der Waals surface area contributed by atoms with Gasteiger partial charge in [0.05, 0.1) is 22.9 Å². The molecular formula is C19H19Cl2NO6. The summed E-state index contributed by atoms with van der Waals surface area (Å²) in [5.74, 6) is -1.47. The smallest absolute Gasteiger partial charge is 0.344 e. The molecule has 0 unspecified atom stereocenters. The van der Waals surface area contributed by atoms with Crippen LogP contribution >= 0.6 is 23.2 Å². The molecule has 0 saturated heterocycles. The third kappa shape index (κ3) is 5.27. The summed E-state index contributed by atoms with van der Waals surface area (Å²) in [4.78, 5) is 39.0. The highest BCUT2D eigenvalue weighted by molar-refractivity contribution is 6.35. The van der Waals surface area contributed by atoms with Gasteiger partial charge in [0.2, 0.25) is 5.78 Å². The van der Waals surface area contributed by atoms with Gasteiger partial charge < -0.3 is 19.2 Å². The maximum absolute atomic E-state index is 12.3. The number of halogens is 2. The number of carbonyl (C=O) groups excluding carboxylic acids is 3. The number of nitrogens with one attached hydrogen (secondary N) is 1. The molecule has 1 N–H and O–H groups in total. The van der Waals surface area contributed by atoms with Crippen molar-refractivity contribution in [2.24, 2.45) is 0 Å². The summed E-state index contributed by atoms with van der Waals surface area (Å²) in [5.41, 5.74) is 1.44. The number of esters is 2. The highest BCUT2D eigenvalue weighted by Crippen LogP contribution is 2.27. The Morgan fingerprint density at radius 3 is 2.43 bits per heavy atom. The first-order valence-corrected chi connectivity index (χ1v) is 9.13. The average Bonchev–Trinajstić information content (AvgIpc) is 2.93. The van der Waals surface area contributed by atoms with Crippen molar-refractivity contribution in [3.63, 3.8) is 0 Å². The van der Waals surface area contributed by atoms with Gasteiger partial charge >= 0.3 is 11.9 Å². The third-order valence-corrected chi connectivity index (χ3v) is 4.33. The number of ether oxygens (including phenoxy) is 3. The number of aromatic amines is 1. The van der Waals surface area contributed by atoms with Crippen molar-refractivity contribution in [3.05, 3.63) is 50.8 Å². The Kier molecular flexibility index (Phi) is 7.48. The maximum atomic E-state index is 12.3. The summed E-state index contributed by atoms with van der Waals surface area (Å²) in [6.45, 7) is 4.27. The number of aryl methyl sites for hydroxylation is 1. The molecule has 0 atom stereocenters. The summed E-state index contributed by atoms with van der Waals surface area (Å²) in [7, 11) is 0. The molecule has 150 valence electrons. The number of aromatic nitrogens is 1. The van der Waals surface area contributed by atoms with Crippen LogP contribution in [0.2, 0.25) is 10.0 Å². The van der Waals surface area contributed by atoms with Gasteiger partial charge in [-0.25, -0.2) is 9.59 Å². The number of hydrogen-bond acceptors (Lipinski definition) is 6. The zero-order valence-electron chi connectivity index (χ0n) is 15.6. The third-order valence-electron chi connectivity index (χ3n) is 3.80. The molecule has 7 nitrogen and oxygen atoms in total. The summed E-state index contributed by atoms with van der Waals surface area (Å²) in [6, 6.07) is 4.56. The maximum Gasteiger partial charge on any atom is 0.344 e. The lowest BCUT2D eigenvalue weighted by Crippen LogP contribution is -2.20. The van der Waals surface area contributed by atoms with Gasteiger partial charge in [-0.3, -0.25) is 4.79 Å². The van der Waals surface area contributed by atoms with Crippen LogP contribution in [0.5, 0.6) is 5.75 Å². The van der Waals surface area contributed by atoms with Crippen LogP contribution in [0.1, 0.15) is 39.0 Å². The molecule has 28 heavy (non-hydrogen) atoms. The SMILES string of the molecule is CCOC(=O)c1c(C)[nH]c(C(=O)COC(=O)COc2ccc(Cl)cc2Cl)c1C. The molecule has 0 saturated carbocycles. The first kappa shape index (κ1) is 21.8. The summed E-state index contributed by atoms with van der Waals surface area (Å²) in [6.07, 6.45) is 0. The topological polar surface area (TPSA) is 94.7 Å². The van der Waals surface area contributed by atoms with E-state index < -0.39 is 30.9 Å². The molecule has 0 aliphatic rings. The van der Waals surface area contributed by atoms with Gasteiger partial charge in [-0.1, -0.05) is 23.2 Å². The Balaban J connectivity index is 1.94. The van der Waals surface area contributed by atoms with Crippen LogP contribution in [-0.2, 0) is 14.3 Å². The van der Waals surface area contributed by atoms with E-state index in [4.69, 9.17) is 37.4 Å². The lowest BCUT2D eigenvalue weighted by atomic mass is 10.1. The number of ketones is 1. The Morgan fingerprint density at radius 1 is 1.07 bits per heavy atom. The molecule has 0 aliphatic heterocycles. The number of rotatable bonds is 8. The second-order valence-corrected chi connectivity index (χ2v) is 6.64. The van der Waals surface area contributed by atoms with Crippen molar-refractivity contribution in [2.45, 2.75) is 20.8 Å². The molecule has 1 heterocycles. The molecule has 0 bridgehead atoms. The fraction of sp³-hybridized carbons (Fsp3) is 0.316. The summed E-state index contributed by atoms with van der Waals surface area (Å²) in [5, 5.41) is 0.685. The van der Waals surface area contributed by atoms with E-state index >= 15 is 0 Å². The highest BCUT2D eigenvalue weighted by atomic mass is 35.5. The van der Waals surface area contributed by atoms with Gasteiger partial charge in [0.25, 0.3) is 0 Å². The molecule has 0 aliphatic carbocycles. The number of carbonyl (C=O) groups is 3. The molecular weight excluding hydrogens is 409 g/mol. The van der Waals surface area contributed by atoms with Crippen LogP contribution in [0, 0.1) is 13.8 Å². The lowest BCUT2D eigenvalue weighted by Gasteiger charge is -2.08. The van der Waals surface area contributed by atoms with Gasteiger partial charge in [-0.05, 0) is 44.5 Å². The molecule has 9 heteroatoms. The second kappa shape index (κ2) is 9.61. The van der Waals surface area contributed by atoms with Crippen LogP contribution < -0.4 is 4.74 Å². The minimum absolute atomic E-state index is 0.190. The Labute approximate surface area is 171 Å². The number of hydrogen-bond donors (Lipinski definition) is 1. The van der Waals surface area contributed by atoms with E-state index in [0.717, 1.165) is 0 Å². The number of Topliss-reactive ketones (excluding diaryl/α,β-unsaturated/α-hetero) is 1. The van der Waals surface area contributed by atoms with E-state index in [1.165, 1.54) is 12.1 Å². The average molecular weight is 428 g/mol. The first-order chi connectivity index (χ1) is 13.2. The van der Waals surface area contributed by atoms with Crippen molar-refractivity contribution in [2.75, 3.05) is 19.8 Å². The van der Waals surface area contributed by atoms with Crippen molar-refractivity contribution in [1.82, 2.24) is 4.98 Å². The minimum atomic E-state index is -0.745. The summed E-state index contributed by atoms with van der Waals surface area (Å²) >= 11 is 11.7. The van der Waals surface area contributed by atoms with Gasteiger partial charge in [-0.2, -0.15) is 0 Å². The van der Waals surface area contributed by atoms with Crippen molar-refractivity contribution in [1.29, 1.82) is 0 Å². The molecule has 0 spiro atoms. The number of H-pyrrole nitrogens is 1. The molecule has 2 aromatic rings. The van der Waals surface area contributed by atoms with Gasteiger partial charge in [0.15, 0.2) is 13.2 Å². The fourth-order valence-corrected chi connectivity index (χ4v) is 2.99. The zero-order valence-corrected chi connectivity index (χ0v) is 17.1. The van der Waals surface area contributed by atoms with Crippen molar-refractivity contribution in [3.8, 4) is 5.75 Å². The second-order valence-electron chi connectivity index (χ2n) is 5.79. The van der Waals surface area contributed by atoms with Gasteiger partial charge in [-0.15, -0.1) is 0 Å². The van der Waals surface area contributed by atoms with E-state index in [9.17, 15) is 14.4 Å². The Morgan fingerprint density at radius 2 is 1.79 bits per heavy atom. The van der Waals surface area contributed by atoms with E-state index in [1.54, 1.807) is 26.8 Å². The molecule has 0 fully saturated rings. The minimum Gasteiger partial charge on any atom is -0.480 e. The fourth-order valence-electron chi connectivity index (χ4n) is 2.53. The first-order valence-electron chi connectivity index (χ1n) is 8.37. The van der Waals surface area contributed by atoms with Gasteiger partial charge in [0.1, 0.15) is 5.75 Å². The van der Waals surface area contributed by atoms with E-state index in [0.29, 0.717) is 21.8 Å². The standard InChI is InChI=1S/C19H19Cl2NO6/c1-4-26-19(25)17-10(2)18(22-11(17)3)14(23)8-28-16(24)9-27-15-6-5-12(20)7-13(15)21/h5-7,22H,4,8-9H2,1-3H3. The molecule has 1 aromatic carbocycles. The molecule has 2 rings (SSSR count). The van der Waals surface area contributed by atoms with Crippen LogP contribution in [0.15, 0.2) is 18.2 Å². The highest BCUT2D eigenvalue weighted by Gasteiger charge is 2.23. The van der Waals surface area contributed by atoms with Crippen LogP contribution in [0.25, 0.3) is 0 Å². The van der Waals surface area contributed by atoms with E-state index in [2.05, 4.69) is 4.98 Å². The van der Waals surface area contributed by atoms with Crippen molar-refractivity contribution < 1.29 is 28.6 Å².